The van der Waals surface area contributed by atoms with E-state index in [1.807, 2.05) is 24.3 Å². The Kier molecular flexibility index (Phi) is 5.76. The highest BCUT2D eigenvalue weighted by atomic mass is 79.9. The predicted octanol–water partition coefficient (Wildman–Crippen LogP) is 3.45. The maximum absolute atomic E-state index is 12.3. The van der Waals surface area contributed by atoms with E-state index in [1.54, 1.807) is 24.3 Å². The van der Waals surface area contributed by atoms with Gasteiger partial charge in [-0.15, -0.1) is 0 Å². The number of halogens is 1. The second-order valence-corrected chi connectivity index (χ2v) is 5.66. The number of amides is 2. The monoisotopic (exact) mass is 376 g/mol. The molecule has 0 spiro atoms. The lowest BCUT2D eigenvalue weighted by atomic mass is 10.2. The lowest BCUT2D eigenvalue weighted by Gasteiger charge is -2.22. The molecule has 0 heterocycles. The number of anilines is 2. The molecule has 2 aromatic carbocycles. The summed E-state index contributed by atoms with van der Waals surface area (Å²) in [6.45, 7) is 1.31. The molecule has 1 N–H and O–H groups in total. The van der Waals surface area contributed by atoms with E-state index in [-0.39, 0.29) is 18.4 Å². The second kappa shape index (κ2) is 7.78. The van der Waals surface area contributed by atoms with Crippen molar-refractivity contribution in [3.05, 3.63) is 53.0 Å². The molecular formula is C17H17BrN2O3. The SMILES string of the molecule is COc1ccccc1N(CC(=O)Nc1ccccc1Br)C(C)=O. The Morgan fingerprint density at radius 3 is 2.43 bits per heavy atom. The minimum absolute atomic E-state index is 0.100. The van der Waals surface area contributed by atoms with Crippen LogP contribution in [0, 0.1) is 0 Å². The van der Waals surface area contributed by atoms with Crippen molar-refractivity contribution in [1.29, 1.82) is 0 Å². The van der Waals surface area contributed by atoms with Crippen LogP contribution in [0.5, 0.6) is 5.75 Å². The highest BCUT2D eigenvalue weighted by Crippen LogP contribution is 2.28. The standard InChI is InChI=1S/C17H17BrN2O3/c1-12(21)20(15-9-5-6-10-16(15)23-2)11-17(22)19-14-8-4-3-7-13(14)18/h3-10H,11H2,1-2H3,(H,19,22). The van der Waals surface area contributed by atoms with Gasteiger partial charge in [-0.2, -0.15) is 0 Å². The van der Waals surface area contributed by atoms with Gasteiger partial charge in [0.05, 0.1) is 18.5 Å². The summed E-state index contributed by atoms with van der Waals surface area (Å²) in [4.78, 5) is 25.6. The Morgan fingerprint density at radius 1 is 1.13 bits per heavy atom. The first kappa shape index (κ1) is 17.0. The van der Waals surface area contributed by atoms with Gasteiger partial charge in [0.15, 0.2) is 0 Å². The lowest BCUT2D eigenvalue weighted by Crippen LogP contribution is -2.37. The second-order valence-electron chi connectivity index (χ2n) is 4.81. The van der Waals surface area contributed by atoms with Gasteiger partial charge >= 0.3 is 0 Å². The van der Waals surface area contributed by atoms with Gasteiger partial charge in [-0.05, 0) is 40.2 Å². The minimum Gasteiger partial charge on any atom is -0.495 e. The molecule has 0 aromatic heterocycles. The first-order valence-corrected chi connectivity index (χ1v) is 7.77. The van der Waals surface area contributed by atoms with Gasteiger partial charge < -0.3 is 10.1 Å². The summed E-state index contributed by atoms with van der Waals surface area (Å²) >= 11 is 3.37. The van der Waals surface area contributed by atoms with Gasteiger partial charge in [-0.1, -0.05) is 24.3 Å². The van der Waals surface area contributed by atoms with Crippen LogP contribution in [0.4, 0.5) is 11.4 Å². The van der Waals surface area contributed by atoms with Crippen LogP contribution < -0.4 is 15.0 Å². The van der Waals surface area contributed by atoms with Crippen molar-refractivity contribution in [2.45, 2.75) is 6.92 Å². The number of nitrogens with one attached hydrogen (secondary N) is 1. The van der Waals surface area contributed by atoms with Gasteiger partial charge in [-0.3, -0.25) is 14.5 Å². The largest absolute Gasteiger partial charge is 0.495 e. The quantitative estimate of drug-likeness (QED) is 0.869. The third kappa shape index (κ3) is 4.32. The molecule has 2 rings (SSSR count). The summed E-state index contributed by atoms with van der Waals surface area (Å²) in [6, 6.07) is 14.4. The number of carbonyl (C=O) groups is 2. The van der Waals surface area contributed by atoms with Crippen LogP contribution in [0.1, 0.15) is 6.92 Å². The maximum atomic E-state index is 12.3. The van der Waals surface area contributed by atoms with E-state index in [2.05, 4.69) is 21.2 Å². The van der Waals surface area contributed by atoms with Crippen molar-refractivity contribution < 1.29 is 14.3 Å². The van der Waals surface area contributed by atoms with E-state index >= 15 is 0 Å². The molecule has 0 atom stereocenters. The zero-order valence-corrected chi connectivity index (χ0v) is 14.5. The van der Waals surface area contributed by atoms with Crippen molar-refractivity contribution >= 4 is 39.1 Å². The number of rotatable bonds is 5. The number of benzene rings is 2. The van der Waals surface area contributed by atoms with Crippen molar-refractivity contribution in [3.8, 4) is 5.75 Å². The molecule has 0 aliphatic heterocycles. The highest BCUT2D eigenvalue weighted by molar-refractivity contribution is 9.10. The fourth-order valence-electron chi connectivity index (χ4n) is 2.11. The number of para-hydroxylation sites is 3. The molecular weight excluding hydrogens is 360 g/mol. The van der Waals surface area contributed by atoms with Crippen LogP contribution in [0.15, 0.2) is 53.0 Å². The van der Waals surface area contributed by atoms with Crippen LogP contribution in [-0.4, -0.2) is 25.5 Å². The molecule has 0 aliphatic carbocycles. The van der Waals surface area contributed by atoms with Crippen LogP contribution in [0.3, 0.4) is 0 Å². The fourth-order valence-corrected chi connectivity index (χ4v) is 2.50. The predicted molar refractivity (Wildman–Crippen MR) is 93.8 cm³/mol. The topological polar surface area (TPSA) is 58.6 Å². The molecule has 0 fully saturated rings. The molecule has 120 valence electrons. The number of methoxy groups -OCH3 is 1. The maximum Gasteiger partial charge on any atom is 0.244 e. The van der Waals surface area contributed by atoms with Crippen LogP contribution in [0.2, 0.25) is 0 Å². The number of hydrogen-bond donors (Lipinski definition) is 1. The smallest absolute Gasteiger partial charge is 0.244 e. The summed E-state index contributed by atoms with van der Waals surface area (Å²) < 4.78 is 6.04. The van der Waals surface area contributed by atoms with Crippen molar-refractivity contribution in [3.63, 3.8) is 0 Å². The van der Waals surface area contributed by atoms with E-state index in [0.29, 0.717) is 17.1 Å². The van der Waals surface area contributed by atoms with Gasteiger partial charge in [0.25, 0.3) is 0 Å². The van der Waals surface area contributed by atoms with Crippen LogP contribution >= 0.6 is 15.9 Å². The van der Waals surface area contributed by atoms with Gasteiger partial charge in [0, 0.05) is 11.4 Å². The highest BCUT2D eigenvalue weighted by Gasteiger charge is 2.19. The normalized spacial score (nSPS) is 10.0. The first-order chi connectivity index (χ1) is 11.0. The molecule has 0 bridgehead atoms. The van der Waals surface area contributed by atoms with Crippen LogP contribution in [0.25, 0.3) is 0 Å². The van der Waals surface area contributed by atoms with Gasteiger partial charge in [0.1, 0.15) is 12.3 Å². The molecule has 0 saturated heterocycles. The fraction of sp³-hybridized carbons (Fsp3) is 0.176. The summed E-state index contributed by atoms with van der Waals surface area (Å²) in [7, 11) is 1.53. The van der Waals surface area contributed by atoms with Gasteiger partial charge in [-0.25, -0.2) is 0 Å². The minimum atomic E-state index is -0.294. The first-order valence-electron chi connectivity index (χ1n) is 6.98. The van der Waals surface area contributed by atoms with E-state index in [0.717, 1.165) is 4.47 Å². The molecule has 2 amide bonds. The van der Waals surface area contributed by atoms with Gasteiger partial charge in [0.2, 0.25) is 11.8 Å². The summed E-state index contributed by atoms with van der Waals surface area (Å²) in [5.41, 5.74) is 1.21. The molecule has 0 aliphatic rings. The van der Waals surface area contributed by atoms with E-state index in [9.17, 15) is 9.59 Å². The van der Waals surface area contributed by atoms with E-state index < -0.39 is 0 Å². The summed E-state index contributed by atoms with van der Waals surface area (Å²) in [5.74, 6) is 0.00572. The van der Waals surface area contributed by atoms with E-state index in [4.69, 9.17) is 4.74 Å². The average Bonchev–Trinajstić information content (AvgIpc) is 2.54. The van der Waals surface area contributed by atoms with Crippen molar-refractivity contribution in [2.24, 2.45) is 0 Å². The Labute approximate surface area is 143 Å². The Balaban J connectivity index is 2.18. The molecule has 0 unspecified atom stereocenters. The summed E-state index contributed by atoms with van der Waals surface area (Å²) in [6.07, 6.45) is 0. The molecule has 23 heavy (non-hydrogen) atoms. The van der Waals surface area contributed by atoms with E-state index in [1.165, 1.54) is 18.9 Å². The number of hydrogen-bond acceptors (Lipinski definition) is 3. The molecule has 2 aromatic rings. The number of nitrogens with zero attached hydrogens (tertiary/aromatic N) is 1. The molecule has 5 nitrogen and oxygen atoms in total. The molecule has 6 heteroatoms. The Bertz CT molecular complexity index is 718. The average molecular weight is 377 g/mol. The number of ether oxygens (including phenoxy) is 1. The third-order valence-electron chi connectivity index (χ3n) is 3.21. The molecule has 0 saturated carbocycles. The third-order valence-corrected chi connectivity index (χ3v) is 3.90. The Morgan fingerprint density at radius 2 is 1.78 bits per heavy atom. The molecule has 0 radical (unpaired) electrons. The lowest BCUT2D eigenvalue weighted by molar-refractivity contribution is -0.120. The number of carbonyl (C=O) groups excluding carboxylic acids is 2. The van der Waals surface area contributed by atoms with Crippen molar-refractivity contribution in [1.82, 2.24) is 0 Å². The zero-order chi connectivity index (χ0) is 16.8. The van der Waals surface area contributed by atoms with Crippen LogP contribution in [-0.2, 0) is 9.59 Å². The Hall–Kier alpha value is -2.34. The summed E-state index contributed by atoms with van der Waals surface area (Å²) in [5, 5.41) is 2.78. The zero-order valence-electron chi connectivity index (χ0n) is 12.9. The van der Waals surface area contributed by atoms with Crippen molar-refractivity contribution in [2.75, 3.05) is 23.9 Å².